The minimum atomic E-state index is -0.416. The van der Waals surface area contributed by atoms with E-state index in [4.69, 9.17) is 20.9 Å². The topological polar surface area (TPSA) is 38.8 Å². The quantitative estimate of drug-likeness (QED) is 0.669. The van der Waals surface area contributed by atoms with E-state index in [1.165, 1.54) is 0 Å². The monoisotopic (exact) mass is 397 g/mol. The highest BCUT2D eigenvalue weighted by Gasteiger charge is 2.51. The molecule has 0 saturated carbocycles. The maximum Gasteiger partial charge on any atom is 0.494 e. The first-order chi connectivity index (χ1) is 13.1. The fourth-order valence-electron chi connectivity index (χ4n) is 3.86. The van der Waals surface area contributed by atoms with E-state index in [1.54, 1.807) is 11.8 Å². The zero-order chi connectivity index (χ0) is 20.3. The zero-order valence-electron chi connectivity index (χ0n) is 17.0. The van der Waals surface area contributed by atoms with Gasteiger partial charge in [0.15, 0.2) is 0 Å². The number of anilines is 2. The van der Waals surface area contributed by atoms with Crippen molar-refractivity contribution in [1.82, 2.24) is 0 Å². The number of rotatable bonds is 1. The Hall–Kier alpha value is -1.82. The Morgan fingerprint density at radius 3 is 2.07 bits per heavy atom. The number of nitrogens with zero attached hydrogens (tertiary/aromatic N) is 1. The summed E-state index contributed by atoms with van der Waals surface area (Å²) in [6.07, 6.45) is 1.64. The van der Waals surface area contributed by atoms with E-state index >= 15 is 0 Å². The molecule has 0 spiro atoms. The second-order valence-electron chi connectivity index (χ2n) is 8.60. The van der Waals surface area contributed by atoms with Crippen molar-refractivity contribution in [2.75, 3.05) is 4.90 Å². The Labute approximate surface area is 171 Å². The number of carbonyl (C=O) groups is 1. The van der Waals surface area contributed by atoms with E-state index in [0.29, 0.717) is 5.02 Å². The first-order valence-corrected chi connectivity index (χ1v) is 10.0. The summed E-state index contributed by atoms with van der Waals surface area (Å²) in [7, 11) is -0.416. The summed E-state index contributed by atoms with van der Waals surface area (Å²) >= 11 is 6.20. The van der Waals surface area contributed by atoms with E-state index < -0.39 is 7.12 Å². The van der Waals surface area contributed by atoms with Gasteiger partial charge in [-0.3, -0.25) is 9.69 Å². The largest absolute Gasteiger partial charge is 0.494 e. The summed E-state index contributed by atoms with van der Waals surface area (Å²) in [6, 6.07) is 11.8. The van der Waals surface area contributed by atoms with Gasteiger partial charge in [0, 0.05) is 11.9 Å². The van der Waals surface area contributed by atoms with E-state index in [9.17, 15) is 4.79 Å². The van der Waals surface area contributed by atoms with Gasteiger partial charge in [-0.05, 0) is 81.4 Å². The first kappa shape index (κ1) is 19.5. The molecular formula is C22H25BClNO3. The average Bonchev–Trinajstić information content (AvgIpc) is 2.75. The van der Waals surface area contributed by atoms with Crippen LogP contribution in [0.3, 0.4) is 0 Å². The second-order valence-corrected chi connectivity index (χ2v) is 9.04. The van der Waals surface area contributed by atoms with Gasteiger partial charge in [-0.15, -0.1) is 0 Å². The van der Waals surface area contributed by atoms with Gasteiger partial charge >= 0.3 is 7.12 Å². The van der Waals surface area contributed by atoms with Crippen molar-refractivity contribution < 1.29 is 14.1 Å². The highest BCUT2D eigenvalue weighted by Crippen LogP contribution is 2.39. The maximum atomic E-state index is 12.5. The molecule has 0 aromatic heterocycles. The Balaban J connectivity index is 1.75. The van der Waals surface area contributed by atoms with Crippen LogP contribution < -0.4 is 10.4 Å². The molecule has 4 nitrogen and oxygen atoms in total. The van der Waals surface area contributed by atoms with Gasteiger partial charge in [0.05, 0.1) is 22.6 Å². The summed E-state index contributed by atoms with van der Waals surface area (Å²) in [5.74, 6) is -0.0184. The number of halogens is 1. The molecule has 0 aliphatic carbocycles. The lowest BCUT2D eigenvalue weighted by Crippen LogP contribution is -2.41. The molecule has 6 heteroatoms. The van der Waals surface area contributed by atoms with Crippen LogP contribution in [0.25, 0.3) is 0 Å². The fourth-order valence-corrected chi connectivity index (χ4v) is 4.06. The van der Waals surface area contributed by atoms with Crippen molar-refractivity contribution in [2.24, 2.45) is 0 Å². The molecule has 1 saturated heterocycles. The molecule has 2 aliphatic heterocycles. The minimum absolute atomic E-state index is 0.0184. The van der Waals surface area contributed by atoms with Crippen molar-refractivity contribution in [1.29, 1.82) is 0 Å². The molecule has 1 amide bonds. The van der Waals surface area contributed by atoms with Crippen LogP contribution in [0, 0.1) is 0 Å². The predicted molar refractivity (Wildman–Crippen MR) is 114 cm³/mol. The molecule has 146 valence electrons. The molecule has 0 radical (unpaired) electrons. The van der Waals surface area contributed by atoms with Gasteiger partial charge in [0.2, 0.25) is 5.91 Å². The van der Waals surface area contributed by atoms with Gasteiger partial charge in [-0.1, -0.05) is 23.7 Å². The Kier molecular flexibility index (Phi) is 4.61. The lowest BCUT2D eigenvalue weighted by molar-refractivity contribution is -0.115. The van der Waals surface area contributed by atoms with Crippen LogP contribution in [0.5, 0.6) is 0 Å². The van der Waals surface area contributed by atoms with E-state index in [2.05, 4.69) is 6.07 Å². The number of benzene rings is 2. The normalized spacial score (nSPS) is 19.8. The predicted octanol–water partition coefficient (Wildman–Crippen LogP) is 4.42. The molecule has 2 aromatic rings. The molecule has 0 unspecified atom stereocenters. The first-order valence-electron chi connectivity index (χ1n) is 9.67. The number of carbonyl (C=O) groups excluding carboxylic acids is 1. The minimum Gasteiger partial charge on any atom is -0.399 e. The van der Waals surface area contributed by atoms with Crippen molar-refractivity contribution in [3.8, 4) is 0 Å². The Morgan fingerprint density at radius 2 is 1.50 bits per heavy atom. The van der Waals surface area contributed by atoms with Gasteiger partial charge in [0.25, 0.3) is 0 Å². The molecule has 0 bridgehead atoms. The van der Waals surface area contributed by atoms with Crippen LogP contribution >= 0.6 is 11.6 Å². The summed E-state index contributed by atoms with van der Waals surface area (Å²) in [6.45, 7) is 9.79. The molecule has 2 heterocycles. The van der Waals surface area contributed by atoms with Crippen LogP contribution in [-0.4, -0.2) is 24.2 Å². The van der Waals surface area contributed by atoms with Gasteiger partial charge < -0.3 is 9.31 Å². The molecule has 4 rings (SSSR count). The standard InChI is InChI=1S/C22H25BClNO3/c1-14(26)25-19-10-8-17(23-27-21(2,3)22(4,5)28-23)12-15(19)6-7-16-13-18(24)9-11-20(16)25/h8-13H,6-7H2,1-5H3. The van der Waals surface area contributed by atoms with E-state index in [1.807, 2.05) is 58.0 Å². The Morgan fingerprint density at radius 1 is 0.964 bits per heavy atom. The SMILES string of the molecule is CC(=O)N1c2ccc(Cl)cc2CCc2cc(B3OC(C)(C)C(C)(C)O3)ccc21. The summed E-state index contributed by atoms with van der Waals surface area (Å²) in [5, 5.41) is 0.686. The van der Waals surface area contributed by atoms with Crippen molar-refractivity contribution in [3.63, 3.8) is 0 Å². The van der Waals surface area contributed by atoms with Crippen molar-refractivity contribution in [2.45, 2.75) is 58.7 Å². The fraction of sp³-hybridized carbons (Fsp3) is 0.409. The lowest BCUT2D eigenvalue weighted by atomic mass is 9.78. The van der Waals surface area contributed by atoms with Crippen LogP contribution in [0.15, 0.2) is 36.4 Å². The van der Waals surface area contributed by atoms with E-state index in [-0.39, 0.29) is 17.1 Å². The number of hydrogen-bond donors (Lipinski definition) is 0. The van der Waals surface area contributed by atoms with Gasteiger partial charge in [-0.25, -0.2) is 0 Å². The number of hydrogen-bond acceptors (Lipinski definition) is 3. The van der Waals surface area contributed by atoms with Crippen LogP contribution in [0.4, 0.5) is 11.4 Å². The second kappa shape index (κ2) is 6.62. The number of fused-ring (bicyclic) bond motifs is 2. The number of aryl methyl sites for hydroxylation is 2. The van der Waals surface area contributed by atoms with Crippen LogP contribution in [0.2, 0.25) is 5.02 Å². The highest BCUT2D eigenvalue weighted by molar-refractivity contribution is 6.62. The molecule has 0 atom stereocenters. The summed E-state index contributed by atoms with van der Waals surface area (Å²) in [4.78, 5) is 14.3. The third kappa shape index (κ3) is 3.16. The zero-order valence-corrected chi connectivity index (χ0v) is 17.8. The smallest absolute Gasteiger partial charge is 0.399 e. The average molecular weight is 398 g/mol. The van der Waals surface area contributed by atoms with Crippen molar-refractivity contribution >= 4 is 41.5 Å². The van der Waals surface area contributed by atoms with Crippen molar-refractivity contribution in [3.05, 3.63) is 52.5 Å². The molecule has 28 heavy (non-hydrogen) atoms. The molecule has 0 N–H and O–H groups in total. The molecular weight excluding hydrogens is 373 g/mol. The number of amides is 1. The molecule has 1 fully saturated rings. The van der Waals surface area contributed by atoms with Gasteiger partial charge in [0.1, 0.15) is 0 Å². The van der Waals surface area contributed by atoms with Crippen LogP contribution in [-0.2, 0) is 26.9 Å². The Bertz CT molecular complexity index is 941. The summed E-state index contributed by atoms with van der Waals surface area (Å²) in [5.41, 5.74) is 4.20. The third-order valence-corrected chi connectivity index (χ3v) is 6.37. The maximum absolute atomic E-state index is 12.5. The molecule has 2 aromatic carbocycles. The lowest BCUT2D eigenvalue weighted by Gasteiger charge is -2.32. The highest BCUT2D eigenvalue weighted by atomic mass is 35.5. The van der Waals surface area contributed by atoms with Crippen LogP contribution in [0.1, 0.15) is 45.7 Å². The third-order valence-electron chi connectivity index (χ3n) is 6.13. The molecule has 2 aliphatic rings. The van der Waals surface area contributed by atoms with E-state index in [0.717, 1.165) is 40.8 Å². The van der Waals surface area contributed by atoms with Gasteiger partial charge in [-0.2, -0.15) is 0 Å². The summed E-state index contributed by atoms with van der Waals surface area (Å²) < 4.78 is 12.4.